The van der Waals surface area contributed by atoms with Crippen LogP contribution in [0.3, 0.4) is 0 Å². The Morgan fingerprint density at radius 3 is 1.77 bits per heavy atom. The Balaban J connectivity index is 2.31. The highest BCUT2D eigenvalue weighted by molar-refractivity contribution is 5.73. The Hall–Kier alpha value is -2.86. The van der Waals surface area contributed by atoms with Crippen molar-refractivity contribution in [1.29, 1.82) is 0 Å². The molecular weight excluding hydrogens is 336 g/mol. The van der Waals surface area contributed by atoms with Gasteiger partial charge in [-0.05, 0) is 35.4 Å². The van der Waals surface area contributed by atoms with E-state index in [1.807, 2.05) is 42.5 Å². The minimum atomic E-state index is 0.149. The van der Waals surface area contributed by atoms with Crippen LogP contribution in [-0.4, -0.2) is 42.3 Å². The van der Waals surface area contributed by atoms with Crippen LogP contribution < -0.4 is 23.7 Å². The number of hydrogen-bond donors (Lipinski definition) is 0. The van der Waals surface area contributed by atoms with E-state index in [0.29, 0.717) is 28.7 Å². The molecule has 0 heterocycles. The van der Waals surface area contributed by atoms with E-state index >= 15 is 0 Å². The Morgan fingerprint density at radius 2 is 1.23 bits per heavy atom. The van der Waals surface area contributed by atoms with E-state index in [0.717, 1.165) is 11.1 Å². The Labute approximate surface area is 153 Å². The zero-order valence-electron chi connectivity index (χ0n) is 15.7. The van der Waals surface area contributed by atoms with E-state index in [2.05, 4.69) is 0 Å². The highest BCUT2D eigenvalue weighted by Crippen LogP contribution is 2.38. The molecule has 2 aromatic rings. The molecule has 0 bridgehead atoms. The predicted molar refractivity (Wildman–Crippen MR) is 101 cm³/mol. The van der Waals surface area contributed by atoms with Crippen molar-refractivity contribution in [3.8, 4) is 28.7 Å². The van der Waals surface area contributed by atoms with E-state index in [1.165, 1.54) is 0 Å². The minimum Gasteiger partial charge on any atom is -0.493 e. The van der Waals surface area contributed by atoms with Crippen LogP contribution >= 0.6 is 0 Å². The Bertz CT molecular complexity index is 729. The van der Waals surface area contributed by atoms with Crippen LogP contribution in [0.15, 0.2) is 30.3 Å². The van der Waals surface area contributed by atoms with Crippen LogP contribution in [0.25, 0.3) is 12.2 Å². The maximum atomic E-state index is 5.54. The van der Waals surface area contributed by atoms with Crippen molar-refractivity contribution in [1.82, 2.24) is 0 Å². The number of ether oxygens (including phenoxy) is 6. The molecular formula is C20H24O6. The molecule has 26 heavy (non-hydrogen) atoms. The third-order valence-corrected chi connectivity index (χ3v) is 3.68. The third-order valence-electron chi connectivity index (χ3n) is 3.68. The smallest absolute Gasteiger partial charge is 0.203 e. The van der Waals surface area contributed by atoms with Gasteiger partial charge in [0.1, 0.15) is 0 Å². The average molecular weight is 360 g/mol. The summed E-state index contributed by atoms with van der Waals surface area (Å²) < 4.78 is 31.9. The van der Waals surface area contributed by atoms with Crippen molar-refractivity contribution in [2.75, 3.05) is 42.3 Å². The second-order valence-corrected chi connectivity index (χ2v) is 5.25. The van der Waals surface area contributed by atoms with Crippen molar-refractivity contribution in [2.24, 2.45) is 0 Å². The summed E-state index contributed by atoms with van der Waals surface area (Å²) >= 11 is 0. The normalized spacial score (nSPS) is 10.7. The fourth-order valence-electron chi connectivity index (χ4n) is 2.42. The van der Waals surface area contributed by atoms with Crippen molar-refractivity contribution >= 4 is 12.2 Å². The fraction of sp³-hybridized carbons (Fsp3) is 0.300. The van der Waals surface area contributed by atoms with E-state index in [4.69, 9.17) is 28.4 Å². The van der Waals surface area contributed by atoms with Crippen LogP contribution in [0.2, 0.25) is 0 Å². The number of rotatable bonds is 9. The van der Waals surface area contributed by atoms with Gasteiger partial charge in [-0.1, -0.05) is 18.2 Å². The molecule has 0 aliphatic heterocycles. The summed E-state index contributed by atoms with van der Waals surface area (Å²) in [5, 5.41) is 0. The number of hydrogen-bond acceptors (Lipinski definition) is 6. The first-order chi connectivity index (χ1) is 12.7. The van der Waals surface area contributed by atoms with E-state index in [1.54, 1.807) is 35.5 Å². The second kappa shape index (κ2) is 9.58. The van der Waals surface area contributed by atoms with Crippen LogP contribution in [0.1, 0.15) is 11.1 Å². The molecule has 0 aliphatic carbocycles. The van der Waals surface area contributed by atoms with Gasteiger partial charge in [-0.2, -0.15) is 0 Å². The lowest BCUT2D eigenvalue weighted by atomic mass is 10.1. The lowest BCUT2D eigenvalue weighted by Crippen LogP contribution is -2.00. The average Bonchev–Trinajstić information content (AvgIpc) is 2.69. The Morgan fingerprint density at radius 1 is 0.654 bits per heavy atom. The maximum absolute atomic E-state index is 5.54. The first-order valence-electron chi connectivity index (χ1n) is 7.94. The molecule has 0 amide bonds. The lowest BCUT2D eigenvalue weighted by Gasteiger charge is -2.13. The molecule has 0 saturated heterocycles. The van der Waals surface area contributed by atoms with Gasteiger partial charge in [0.15, 0.2) is 29.8 Å². The Kier molecular flexibility index (Phi) is 7.17. The molecule has 0 radical (unpaired) electrons. The van der Waals surface area contributed by atoms with Gasteiger partial charge < -0.3 is 28.4 Å². The van der Waals surface area contributed by atoms with E-state index in [9.17, 15) is 0 Å². The van der Waals surface area contributed by atoms with Crippen molar-refractivity contribution in [3.05, 3.63) is 41.5 Å². The van der Waals surface area contributed by atoms with Gasteiger partial charge in [-0.25, -0.2) is 0 Å². The SMILES string of the molecule is COCOc1cc(/C=C\c2cc(OC)c(OC)c(OC)c2)ccc1OC. The molecule has 0 saturated carbocycles. The molecule has 0 aromatic heterocycles. The standard InChI is InChI=1S/C20H24O6/c1-21-13-26-17-10-14(8-9-16(17)22-2)6-7-15-11-18(23-3)20(25-5)19(12-15)24-4/h6-12H,13H2,1-5H3/b7-6-. The molecule has 0 fully saturated rings. The first kappa shape index (κ1) is 19.5. The largest absolute Gasteiger partial charge is 0.493 e. The lowest BCUT2D eigenvalue weighted by molar-refractivity contribution is 0.0491. The second-order valence-electron chi connectivity index (χ2n) is 5.25. The molecule has 0 N–H and O–H groups in total. The number of methoxy groups -OCH3 is 5. The van der Waals surface area contributed by atoms with Crippen molar-refractivity contribution in [3.63, 3.8) is 0 Å². The zero-order chi connectivity index (χ0) is 18.9. The van der Waals surface area contributed by atoms with Gasteiger partial charge in [-0.15, -0.1) is 0 Å². The first-order valence-corrected chi connectivity index (χ1v) is 7.94. The molecule has 2 aromatic carbocycles. The zero-order valence-corrected chi connectivity index (χ0v) is 15.7. The third kappa shape index (κ3) is 4.61. The van der Waals surface area contributed by atoms with Crippen LogP contribution in [-0.2, 0) is 4.74 Å². The predicted octanol–water partition coefficient (Wildman–Crippen LogP) is 3.87. The molecule has 0 atom stereocenters. The summed E-state index contributed by atoms with van der Waals surface area (Å²) in [6, 6.07) is 9.42. The maximum Gasteiger partial charge on any atom is 0.203 e. The summed E-state index contributed by atoms with van der Waals surface area (Å²) in [5.41, 5.74) is 1.86. The molecule has 6 heteroatoms. The fourth-order valence-corrected chi connectivity index (χ4v) is 2.42. The van der Waals surface area contributed by atoms with Gasteiger partial charge in [0, 0.05) is 7.11 Å². The number of benzene rings is 2. The summed E-state index contributed by atoms with van der Waals surface area (Å²) in [6.07, 6.45) is 3.91. The van der Waals surface area contributed by atoms with E-state index in [-0.39, 0.29) is 6.79 Å². The van der Waals surface area contributed by atoms with Gasteiger partial charge in [0.2, 0.25) is 5.75 Å². The molecule has 0 unspecified atom stereocenters. The van der Waals surface area contributed by atoms with Crippen LogP contribution in [0.5, 0.6) is 28.7 Å². The van der Waals surface area contributed by atoms with Gasteiger partial charge in [0.05, 0.1) is 28.4 Å². The van der Waals surface area contributed by atoms with Crippen molar-refractivity contribution < 1.29 is 28.4 Å². The summed E-state index contributed by atoms with van der Waals surface area (Å²) in [6.45, 7) is 0.149. The van der Waals surface area contributed by atoms with E-state index < -0.39 is 0 Å². The molecule has 6 nitrogen and oxygen atoms in total. The molecule has 0 aliphatic rings. The monoisotopic (exact) mass is 360 g/mol. The quantitative estimate of drug-likeness (QED) is 0.500. The molecule has 140 valence electrons. The van der Waals surface area contributed by atoms with Gasteiger partial charge in [0.25, 0.3) is 0 Å². The van der Waals surface area contributed by atoms with Gasteiger partial charge >= 0.3 is 0 Å². The summed E-state index contributed by atoms with van der Waals surface area (Å²) in [4.78, 5) is 0. The van der Waals surface area contributed by atoms with Crippen LogP contribution in [0, 0.1) is 0 Å². The highest BCUT2D eigenvalue weighted by Gasteiger charge is 2.12. The van der Waals surface area contributed by atoms with Crippen molar-refractivity contribution in [2.45, 2.75) is 0 Å². The summed E-state index contributed by atoms with van der Waals surface area (Å²) in [7, 11) is 7.93. The molecule has 2 rings (SSSR count). The molecule has 0 spiro atoms. The topological polar surface area (TPSA) is 55.4 Å². The summed E-state index contributed by atoms with van der Waals surface area (Å²) in [5.74, 6) is 3.02. The van der Waals surface area contributed by atoms with Gasteiger partial charge in [-0.3, -0.25) is 0 Å². The minimum absolute atomic E-state index is 0.149. The van der Waals surface area contributed by atoms with Crippen LogP contribution in [0.4, 0.5) is 0 Å². The highest BCUT2D eigenvalue weighted by atomic mass is 16.7.